The highest BCUT2D eigenvalue weighted by molar-refractivity contribution is 7.80. The van der Waals surface area contributed by atoms with E-state index in [4.69, 9.17) is 33.3 Å². The van der Waals surface area contributed by atoms with Crippen LogP contribution in [0.2, 0.25) is 0 Å². The van der Waals surface area contributed by atoms with Crippen molar-refractivity contribution in [3.63, 3.8) is 0 Å². The van der Waals surface area contributed by atoms with Crippen molar-refractivity contribution >= 4 is 46.3 Å². The van der Waals surface area contributed by atoms with Gasteiger partial charge in [-0.3, -0.25) is 26.5 Å². The molecule has 0 radical (unpaired) electrons. The number of hydrogen-bond donors (Lipinski definition) is 6. The largest absolute Gasteiger partial charge is 0.467 e. The lowest BCUT2D eigenvalue weighted by Gasteiger charge is -2.13. The van der Waals surface area contributed by atoms with E-state index in [0.29, 0.717) is 23.8 Å². The highest BCUT2D eigenvalue weighted by Crippen LogP contribution is 2.08. The third-order valence-electron chi connectivity index (χ3n) is 3.76. The summed E-state index contributed by atoms with van der Waals surface area (Å²) in [5, 5.41) is 6.60. The number of carbonyl (C=O) groups excluding carboxylic acids is 1. The first-order chi connectivity index (χ1) is 14.6. The van der Waals surface area contributed by atoms with Crippen LogP contribution in [-0.4, -0.2) is 16.1 Å². The molecular weight excluding hydrogens is 424 g/mol. The molecule has 0 aliphatic heterocycles. The van der Waals surface area contributed by atoms with Gasteiger partial charge in [0.1, 0.15) is 11.5 Å². The van der Waals surface area contributed by atoms with Gasteiger partial charge in [0, 0.05) is 5.56 Å². The van der Waals surface area contributed by atoms with Crippen molar-refractivity contribution in [1.82, 2.24) is 26.9 Å². The zero-order chi connectivity index (χ0) is 21.2. The van der Waals surface area contributed by atoms with Gasteiger partial charge in [-0.1, -0.05) is 0 Å². The van der Waals surface area contributed by atoms with E-state index in [1.807, 2.05) is 18.2 Å². The smallest absolute Gasteiger partial charge is 0.269 e. The minimum atomic E-state index is -0.327. The SMILES string of the molecule is O=C(NNC(=S)NCc1ccco1)c1ccc(NNC(=S)NCc2ccco2)cc1. The molecule has 1 amide bonds. The number of furan rings is 2. The average molecular weight is 445 g/mol. The Morgan fingerprint density at radius 2 is 1.33 bits per heavy atom. The normalized spacial score (nSPS) is 10.0. The van der Waals surface area contributed by atoms with E-state index in [1.54, 1.807) is 42.9 Å². The summed E-state index contributed by atoms with van der Waals surface area (Å²) in [7, 11) is 0. The van der Waals surface area contributed by atoms with Crippen LogP contribution in [0.3, 0.4) is 0 Å². The molecule has 0 atom stereocenters. The van der Waals surface area contributed by atoms with E-state index in [1.165, 1.54) is 0 Å². The number of hydrogen-bond acceptors (Lipinski definition) is 6. The number of hydrazine groups is 2. The summed E-state index contributed by atoms with van der Waals surface area (Å²) in [6, 6.07) is 14.1. The van der Waals surface area contributed by atoms with Gasteiger partial charge in [-0.2, -0.15) is 0 Å². The van der Waals surface area contributed by atoms with Crippen molar-refractivity contribution in [3.05, 3.63) is 78.1 Å². The summed E-state index contributed by atoms with van der Waals surface area (Å²) >= 11 is 10.3. The van der Waals surface area contributed by atoms with E-state index >= 15 is 0 Å². The van der Waals surface area contributed by atoms with E-state index in [-0.39, 0.29) is 11.0 Å². The fourth-order valence-electron chi connectivity index (χ4n) is 2.27. The van der Waals surface area contributed by atoms with E-state index in [0.717, 1.165) is 17.2 Å². The van der Waals surface area contributed by atoms with E-state index in [9.17, 15) is 4.79 Å². The van der Waals surface area contributed by atoms with Crippen LogP contribution >= 0.6 is 24.4 Å². The summed E-state index contributed by atoms with van der Waals surface area (Å²) < 4.78 is 10.4. The molecule has 0 bridgehead atoms. The highest BCUT2D eigenvalue weighted by atomic mass is 32.1. The topological polar surface area (TPSA) is 116 Å². The number of rotatable bonds is 7. The molecule has 9 nitrogen and oxygen atoms in total. The monoisotopic (exact) mass is 444 g/mol. The number of anilines is 1. The Hall–Kier alpha value is -3.57. The average Bonchev–Trinajstić information content (AvgIpc) is 3.47. The maximum Gasteiger partial charge on any atom is 0.269 e. The maximum absolute atomic E-state index is 12.2. The Bertz CT molecular complexity index is 959. The second-order valence-corrected chi connectivity index (χ2v) is 6.75. The van der Waals surface area contributed by atoms with Gasteiger partial charge in [-0.25, -0.2) is 0 Å². The second kappa shape index (κ2) is 10.8. The Labute approximate surface area is 183 Å². The Morgan fingerprint density at radius 3 is 1.87 bits per heavy atom. The number of amides is 1. The van der Waals surface area contributed by atoms with Gasteiger partial charge < -0.3 is 19.5 Å². The maximum atomic E-state index is 12.2. The van der Waals surface area contributed by atoms with Gasteiger partial charge in [0.25, 0.3) is 5.91 Å². The molecule has 0 aliphatic rings. The lowest BCUT2D eigenvalue weighted by atomic mass is 10.2. The van der Waals surface area contributed by atoms with Crippen LogP contribution < -0.4 is 32.3 Å². The van der Waals surface area contributed by atoms with Crippen LogP contribution in [-0.2, 0) is 13.1 Å². The summed E-state index contributed by atoms with van der Waals surface area (Å²) in [5.74, 6) is 1.18. The molecule has 30 heavy (non-hydrogen) atoms. The number of thiocarbonyl (C=S) groups is 2. The summed E-state index contributed by atoms with van der Waals surface area (Å²) in [5.41, 5.74) is 12.2. The van der Waals surface area contributed by atoms with Crippen LogP contribution in [0, 0.1) is 0 Å². The van der Waals surface area contributed by atoms with Gasteiger partial charge in [-0.15, -0.1) is 0 Å². The molecule has 2 aromatic heterocycles. The highest BCUT2D eigenvalue weighted by Gasteiger charge is 2.06. The molecule has 3 aromatic rings. The van der Waals surface area contributed by atoms with Crippen molar-refractivity contribution < 1.29 is 13.6 Å². The third kappa shape index (κ3) is 6.79. The predicted molar refractivity (Wildman–Crippen MR) is 120 cm³/mol. The first kappa shape index (κ1) is 21.1. The predicted octanol–water partition coefficient (Wildman–Crippen LogP) is 2.17. The van der Waals surface area contributed by atoms with Crippen molar-refractivity contribution in [1.29, 1.82) is 0 Å². The van der Waals surface area contributed by atoms with E-state index < -0.39 is 0 Å². The van der Waals surface area contributed by atoms with Crippen LogP contribution in [0.1, 0.15) is 21.9 Å². The third-order valence-corrected chi connectivity index (χ3v) is 4.26. The molecule has 0 saturated carbocycles. The van der Waals surface area contributed by atoms with Crippen LogP contribution in [0.4, 0.5) is 5.69 Å². The molecule has 11 heteroatoms. The minimum absolute atomic E-state index is 0.276. The molecule has 0 unspecified atom stereocenters. The van der Waals surface area contributed by atoms with Crippen molar-refractivity contribution in [2.75, 3.05) is 5.43 Å². The Morgan fingerprint density at radius 1 is 0.767 bits per heavy atom. The standard InChI is InChI=1S/C19H20N6O3S2/c26-17(23-25-19(30)21-12-16-4-2-10-28-16)13-5-7-14(8-6-13)22-24-18(29)20-11-15-3-1-9-27-15/h1-10,22H,11-12H2,(H,23,26)(H2,20,24,29)(H2,21,25,30). The van der Waals surface area contributed by atoms with Gasteiger partial charge >= 0.3 is 0 Å². The molecule has 156 valence electrons. The molecule has 3 rings (SSSR count). The first-order valence-electron chi connectivity index (χ1n) is 8.89. The van der Waals surface area contributed by atoms with Gasteiger partial charge in [0.15, 0.2) is 10.2 Å². The number of carbonyl (C=O) groups is 1. The first-order valence-corrected chi connectivity index (χ1v) is 9.70. The zero-order valence-corrected chi connectivity index (χ0v) is 17.4. The lowest BCUT2D eigenvalue weighted by Crippen LogP contribution is -2.46. The Kier molecular flexibility index (Phi) is 7.64. The van der Waals surface area contributed by atoms with Gasteiger partial charge in [0.2, 0.25) is 0 Å². The van der Waals surface area contributed by atoms with Gasteiger partial charge in [-0.05, 0) is 73.0 Å². The molecule has 2 heterocycles. The molecular formula is C19H20N6O3S2. The minimum Gasteiger partial charge on any atom is -0.467 e. The summed E-state index contributed by atoms with van der Waals surface area (Å²) in [6.45, 7) is 0.894. The van der Waals surface area contributed by atoms with Crippen LogP contribution in [0.25, 0.3) is 0 Å². The van der Waals surface area contributed by atoms with Gasteiger partial charge in [0.05, 0.1) is 31.3 Å². The Balaban J connectivity index is 1.36. The van der Waals surface area contributed by atoms with Crippen molar-refractivity contribution in [3.8, 4) is 0 Å². The van der Waals surface area contributed by atoms with Crippen molar-refractivity contribution in [2.45, 2.75) is 13.1 Å². The lowest BCUT2D eigenvalue weighted by molar-refractivity contribution is 0.0943. The number of benzene rings is 1. The van der Waals surface area contributed by atoms with E-state index in [2.05, 4.69) is 32.3 Å². The molecule has 0 fully saturated rings. The zero-order valence-electron chi connectivity index (χ0n) is 15.7. The fraction of sp³-hybridized carbons (Fsp3) is 0.105. The molecule has 1 aromatic carbocycles. The molecule has 0 aliphatic carbocycles. The quantitative estimate of drug-likeness (QED) is 0.239. The van der Waals surface area contributed by atoms with Crippen LogP contribution in [0.5, 0.6) is 0 Å². The number of nitrogens with one attached hydrogen (secondary N) is 6. The fourth-order valence-corrected chi connectivity index (χ4v) is 2.52. The molecule has 0 spiro atoms. The van der Waals surface area contributed by atoms with Crippen molar-refractivity contribution in [2.24, 2.45) is 0 Å². The summed E-state index contributed by atoms with van der Waals surface area (Å²) in [6.07, 6.45) is 3.18. The molecule has 0 saturated heterocycles. The van der Waals surface area contributed by atoms with Crippen LogP contribution in [0.15, 0.2) is 69.9 Å². The second-order valence-electron chi connectivity index (χ2n) is 5.93. The summed E-state index contributed by atoms with van der Waals surface area (Å²) in [4.78, 5) is 12.2. The molecule has 6 N–H and O–H groups in total.